The number of carbonyl (C=O) groups is 5. The summed E-state index contributed by atoms with van der Waals surface area (Å²) in [6, 6.07) is 37.9. The van der Waals surface area contributed by atoms with Crippen molar-refractivity contribution in [2.75, 3.05) is 19.8 Å². The maximum atomic E-state index is 13.5. The molecule has 57 heavy (non-hydrogen) atoms. The van der Waals surface area contributed by atoms with E-state index in [0.717, 1.165) is 22.3 Å². The smallest absolute Gasteiger partial charge is 0.407 e. The van der Waals surface area contributed by atoms with E-state index in [1.54, 1.807) is 54.6 Å². The van der Waals surface area contributed by atoms with Gasteiger partial charge in [-0.05, 0) is 58.7 Å². The molecule has 290 valence electrons. The lowest BCUT2D eigenvalue weighted by molar-refractivity contribution is -0.269. The van der Waals surface area contributed by atoms with Gasteiger partial charge in [0.05, 0.1) is 29.9 Å². The first-order chi connectivity index (χ1) is 27.8. The van der Waals surface area contributed by atoms with Gasteiger partial charge in [-0.2, -0.15) is 0 Å². The molecule has 1 heterocycles. The molecule has 1 aliphatic heterocycles. The summed E-state index contributed by atoms with van der Waals surface area (Å²) in [5.41, 5.74) is 4.49. The summed E-state index contributed by atoms with van der Waals surface area (Å²) in [5, 5.41) is 12.4. The number of amides is 1. The van der Waals surface area contributed by atoms with Crippen LogP contribution in [0.1, 0.15) is 48.1 Å². The van der Waals surface area contributed by atoms with Crippen LogP contribution in [0.5, 0.6) is 0 Å². The number of benzene rings is 5. The number of carboxylic acid groups (broad SMARTS) is 1. The van der Waals surface area contributed by atoms with E-state index in [-0.39, 0.29) is 29.2 Å². The highest BCUT2D eigenvalue weighted by atomic mass is 16.7. The highest BCUT2D eigenvalue weighted by Crippen LogP contribution is 2.44. The van der Waals surface area contributed by atoms with Gasteiger partial charge in [-0.25, -0.2) is 24.0 Å². The average Bonchev–Trinajstić information content (AvgIpc) is 3.57. The van der Waals surface area contributed by atoms with Crippen molar-refractivity contribution in [3.05, 3.63) is 167 Å². The normalized spacial score (nSPS) is 18.9. The van der Waals surface area contributed by atoms with E-state index in [2.05, 4.69) is 5.32 Å². The van der Waals surface area contributed by atoms with Crippen LogP contribution in [-0.4, -0.2) is 85.5 Å². The second-order valence-electron chi connectivity index (χ2n) is 13.2. The molecule has 1 saturated heterocycles. The number of nitrogens with one attached hydrogen (secondary N) is 1. The molecule has 0 spiro atoms. The van der Waals surface area contributed by atoms with Crippen molar-refractivity contribution in [3.63, 3.8) is 0 Å². The summed E-state index contributed by atoms with van der Waals surface area (Å²) in [7, 11) is 0. The van der Waals surface area contributed by atoms with Crippen molar-refractivity contribution in [1.82, 2.24) is 5.32 Å². The number of ether oxygens (including phenoxy) is 6. The molecule has 7 rings (SSSR count). The van der Waals surface area contributed by atoms with Gasteiger partial charge in [-0.3, -0.25) is 0 Å². The van der Waals surface area contributed by atoms with E-state index in [9.17, 15) is 29.1 Å². The minimum absolute atomic E-state index is 0.0617. The number of esters is 3. The highest BCUT2D eigenvalue weighted by Gasteiger charge is 2.49. The van der Waals surface area contributed by atoms with Crippen LogP contribution in [0.15, 0.2) is 140 Å². The van der Waals surface area contributed by atoms with E-state index in [1.165, 1.54) is 36.4 Å². The standard InChI is InChI=1S/C44H37NO12/c46-39(47)35(45-44(51)54-24-34-32-22-12-10-20-30(32)31-21-11-13-23-33(31)34)25-52-43-38(57-42(50)29-18-8-3-9-19-29)37(56-41(49)28-16-6-2-7-17-28)36(26-53-43)55-40(48)27-14-4-1-5-15-27/h1-23,34-38,43H,24-26H2,(H,45,51)(H,46,47)/t35-,36+,37-,38+,43+/m0/s1. The zero-order valence-corrected chi connectivity index (χ0v) is 30.3. The third kappa shape index (κ3) is 9.01. The SMILES string of the molecule is O=C(N[C@@H](CO[C@@H]1OC[C@@H](OC(=O)c2ccccc2)[C@H](OC(=O)c2ccccc2)[C@H]1OC(=O)c1ccccc1)C(=O)O)OCC1c2ccccc2-c2ccccc21. The third-order valence-electron chi connectivity index (χ3n) is 9.52. The lowest BCUT2D eigenvalue weighted by atomic mass is 9.98. The fraction of sp³-hybridized carbons (Fsp3) is 0.205. The molecule has 5 atom stereocenters. The van der Waals surface area contributed by atoms with E-state index >= 15 is 0 Å². The Labute approximate surface area is 327 Å². The summed E-state index contributed by atoms with van der Waals surface area (Å²) in [4.78, 5) is 65.7. The molecule has 5 aromatic carbocycles. The van der Waals surface area contributed by atoms with Crippen LogP contribution >= 0.6 is 0 Å². The third-order valence-corrected chi connectivity index (χ3v) is 9.52. The van der Waals surface area contributed by atoms with Gasteiger partial charge in [0.25, 0.3) is 0 Å². The lowest BCUT2D eigenvalue weighted by Gasteiger charge is -2.40. The van der Waals surface area contributed by atoms with Crippen LogP contribution in [0.4, 0.5) is 4.79 Å². The summed E-state index contributed by atoms with van der Waals surface area (Å²) in [6.07, 6.45) is -6.99. The van der Waals surface area contributed by atoms with Gasteiger partial charge in [-0.1, -0.05) is 103 Å². The maximum Gasteiger partial charge on any atom is 0.407 e. The Morgan fingerprint density at radius 1 is 0.614 bits per heavy atom. The summed E-state index contributed by atoms with van der Waals surface area (Å²) in [5.74, 6) is -4.18. The molecular weight excluding hydrogens is 734 g/mol. The molecule has 2 aliphatic rings. The Hall–Kier alpha value is -6.83. The van der Waals surface area contributed by atoms with Crippen LogP contribution in [-0.2, 0) is 33.2 Å². The number of hydrogen-bond donors (Lipinski definition) is 2. The molecule has 1 fully saturated rings. The molecule has 13 nitrogen and oxygen atoms in total. The Balaban J connectivity index is 1.09. The first-order valence-electron chi connectivity index (χ1n) is 18.1. The van der Waals surface area contributed by atoms with Crippen LogP contribution in [0.2, 0.25) is 0 Å². The largest absolute Gasteiger partial charge is 0.480 e. The zero-order chi connectivity index (χ0) is 39.7. The van der Waals surface area contributed by atoms with Crippen molar-refractivity contribution < 1.29 is 57.5 Å². The van der Waals surface area contributed by atoms with E-state index in [0.29, 0.717) is 0 Å². The average molecular weight is 772 g/mol. The second kappa shape index (κ2) is 17.8. The Kier molecular flexibility index (Phi) is 12.0. The Morgan fingerprint density at radius 2 is 1.07 bits per heavy atom. The highest BCUT2D eigenvalue weighted by molar-refractivity contribution is 5.91. The van der Waals surface area contributed by atoms with Crippen molar-refractivity contribution in [3.8, 4) is 11.1 Å². The fourth-order valence-electron chi connectivity index (χ4n) is 6.71. The van der Waals surface area contributed by atoms with Crippen molar-refractivity contribution in [2.24, 2.45) is 0 Å². The summed E-state index contributed by atoms with van der Waals surface area (Å²) < 4.78 is 34.9. The molecular formula is C44H37NO12. The van der Waals surface area contributed by atoms with Crippen LogP contribution < -0.4 is 5.32 Å². The molecule has 0 unspecified atom stereocenters. The fourth-order valence-corrected chi connectivity index (χ4v) is 6.71. The van der Waals surface area contributed by atoms with E-state index < -0.39 is 73.8 Å². The Bertz CT molecular complexity index is 2170. The number of aliphatic carboxylic acids is 1. The molecule has 13 heteroatoms. The molecule has 0 bridgehead atoms. The first kappa shape index (κ1) is 38.4. The summed E-state index contributed by atoms with van der Waals surface area (Å²) in [6.45, 7) is -1.17. The molecule has 0 radical (unpaired) electrons. The molecule has 0 aromatic heterocycles. The van der Waals surface area contributed by atoms with Crippen molar-refractivity contribution in [1.29, 1.82) is 0 Å². The monoisotopic (exact) mass is 771 g/mol. The molecule has 0 saturated carbocycles. The predicted molar refractivity (Wildman–Crippen MR) is 202 cm³/mol. The number of rotatable bonds is 13. The minimum Gasteiger partial charge on any atom is -0.480 e. The second-order valence-corrected chi connectivity index (χ2v) is 13.2. The van der Waals surface area contributed by atoms with Gasteiger partial charge in [-0.15, -0.1) is 0 Å². The van der Waals surface area contributed by atoms with E-state index in [4.69, 9.17) is 28.4 Å². The molecule has 1 amide bonds. The number of carboxylic acids is 1. The summed E-state index contributed by atoms with van der Waals surface area (Å²) >= 11 is 0. The number of alkyl carbamates (subject to hydrolysis) is 1. The van der Waals surface area contributed by atoms with Gasteiger partial charge in [0.15, 0.2) is 30.6 Å². The van der Waals surface area contributed by atoms with E-state index in [1.807, 2.05) is 48.5 Å². The molecule has 5 aromatic rings. The number of hydrogen-bond acceptors (Lipinski definition) is 11. The predicted octanol–water partition coefficient (Wildman–Crippen LogP) is 6.03. The van der Waals surface area contributed by atoms with Gasteiger partial charge in [0.2, 0.25) is 0 Å². The first-order valence-corrected chi connectivity index (χ1v) is 18.1. The van der Waals surface area contributed by atoms with Crippen LogP contribution in [0.3, 0.4) is 0 Å². The van der Waals surface area contributed by atoms with Crippen molar-refractivity contribution in [2.45, 2.75) is 36.6 Å². The minimum atomic E-state index is -1.66. The number of carbonyl (C=O) groups excluding carboxylic acids is 4. The Morgan fingerprint density at radius 3 is 1.58 bits per heavy atom. The van der Waals surface area contributed by atoms with Gasteiger partial charge < -0.3 is 38.8 Å². The van der Waals surface area contributed by atoms with Gasteiger partial charge in [0.1, 0.15) is 6.61 Å². The van der Waals surface area contributed by atoms with Crippen LogP contribution in [0.25, 0.3) is 11.1 Å². The zero-order valence-electron chi connectivity index (χ0n) is 30.3. The molecule has 2 N–H and O–H groups in total. The van der Waals surface area contributed by atoms with Gasteiger partial charge in [0, 0.05) is 5.92 Å². The number of fused-ring (bicyclic) bond motifs is 3. The van der Waals surface area contributed by atoms with Crippen LogP contribution in [0, 0.1) is 0 Å². The topological polar surface area (TPSA) is 173 Å². The maximum absolute atomic E-state index is 13.5. The quantitative estimate of drug-likeness (QED) is 0.105. The van der Waals surface area contributed by atoms with Crippen molar-refractivity contribution >= 4 is 30.0 Å². The van der Waals surface area contributed by atoms with Gasteiger partial charge >= 0.3 is 30.0 Å². The lowest BCUT2D eigenvalue weighted by Crippen LogP contribution is -2.59. The molecule has 1 aliphatic carbocycles.